The van der Waals surface area contributed by atoms with Crippen molar-refractivity contribution >= 4 is 36.6 Å². The predicted octanol–water partition coefficient (Wildman–Crippen LogP) is -15.0. The SMILES string of the molecule is O=BO.OB(O)O.OB(O)O.OB(O)O.OB(O)O.[H-].[H-].[K+].[Na+]. The van der Waals surface area contributed by atoms with E-state index in [4.69, 9.17) is 70.0 Å². The first-order chi connectivity index (χ1) is 8.34. The fourth-order valence-electron chi connectivity index (χ4n) is 0. The fourth-order valence-corrected chi connectivity index (χ4v) is 0. The molecule has 0 amide bonds. The normalized spacial score (nSPS) is 5.52. The zero-order valence-electron chi connectivity index (χ0n) is 13.1. The standard InChI is InChI=1S/4BH3O3.BHO2.K.Na.2H/c4*2-1(3)4;2-1-3;;;;/h4*2-4H;2H;;;;/q;;;;;2*+1;2*-1. The Balaban J connectivity index is -0.0000000146. The maximum atomic E-state index is 8.36. The predicted molar refractivity (Wildman–Crippen MR) is 60.5 cm³/mol. The van der Waals surface area contributed by atoms with Crippen LogP contribution in [0, 0.1) is 0 Å². The van der Waals surface area contributed by atoms with Gasteiger partial charge in [0.25, 0.3) is 0 Å². The van der Waals surface area contributed by atoms with Crippen LogP contribution in [-0.4, -0.2) is 102 Å². The Morgan fingerprint density at radius 3 is 0.571 bits per heavy atom. The van der Waals surface area contributed by atoms with Gasteiger partial charge < -0.3 is 63.1 Å². The van der Waals surface area contributed by atoms with Crippen LogP contribution in [0.1, 0.15) is 2.85 Å². The van der Waals surface area contributed by atoms with Gasteiger partial charge in [0.1, 0.15) is 0 Å². The van der Waals surface area contributed by atoms with Gasteiger partial charge in [-0.2, -0.15) is 0 Å². The summed E-state index contributed by atoms with van der Waals surface area (Å²) >= 11 is 0. The van der Waals surface area contributed by atoms with E-state index in [9.17, 15) is 0 Å². The third kappa shape index (κ3) is 2060. The summed E-state index contributed by atoms with van der Waals surface area (Å²) in [5.41, 5.74) is 0. The minimum Gasteiger partial charge on any atom is -1.00 e. The minimum absolute atomic E-state index is 0. The smallest absolute Gasteiger partial charge is 1.00 e. The van der Waals surface area contributed by atoms with E-state index in [1.807, 2.05) is 0 Å². The zero-order valence-corrected chi connectivity index (χ0v) is 16.2. The molecule has 0 bridgehead atoms. The number of hydrogen-bond acceptors (Lipinski definition) is 13. The van der Waals surface area contributed by atoms with Gasteiger partial charge >= 0.3 is 127 Å². The van der Waals surface area contributed by atoms with Gasteiger partial charge in [-0.1, -0.05) is 0 Å². The summed E-state index contributed by atoms with van der Waals surface area (Å²) in [7, 11) is -8.92. The van der Waals surface area contributed by atoms with Crippen LogP contribution in [0.25, 0.3) is 0 Å². The van der Waals surface area contributed by atoms with Crippen LogP contribution in [0.15, 0.2) is 0 Å². The molecule has 0 aliphatic rings. The van der Waals surface area contributed by atoms with Crippen molar-refractivity contribution in [3.8, 4) is 0 Å². The molecule has 0 rings (SSSR count). The van der Waals surface area contributed by atoms with E-state index in [0.717, 1.165) is 0 Å². The molecule has 14 nitrogen and oxygen atoms in total. The largest absolute Gasteiger partial charge is 1.00 e. The minimum atomic E-state index is -2.17. The molecule has 0 spiro atoms. The first-order valence-corrected chi connectivity index (χ1v) is 3.59. The second-order valence-electron chi connectivity index (χ2n) is 1.49. The van der Waals surface area contributed by atoms with Gasteiger partial charge in [0.05, 0.1) is 0 Å². The van der Waals surface area contributed by atoms with Gasteiger partial charge in [-0.25, -0.2) is 0 Å². The molecular formula is H15B5KNaO14. The molecule has 0 aromatic rings. The molecule has 116 valence electrons. The summed E-state index contributed by atoms with van der Waals surface area (Å²) in [5, 5.41) is 92.9. The van der Waals surface area contributed by atoms with E-state index in [0.29, 0.717) is 0 Å². The molecule has 0 heterocycles. The summed E-state index contributed by atoms with van der Waals surface area (Å²) in [6.07, 6.45) is 0. The van der Waals surface area contributed by atoms with E-state index >= 15 is 0 Å². The molecule has 0 unspecified atom stereocenters. The van der Waals surface area contributed by atoms with E-state index in [1.54, 1.807) is 0 Å². The summed E-state index contributed by atoms with van der Waals surface area (Å²) < 4.78 is 8.36. The van der Waals surface area contributed by atoms with Crippen LogP contribution in [-0.2, 0) is 4.70 Å². The van der Waals surface area contributed by atoms with Crippen LogP contribution in [0.2, 0.25) is 0 Å². The molecule has 0 fully saturated rings. The molecule has 0 saturated carbocycles. The van der Waals surface area contributed by atoms with Gasteiger partial charge in [0, 0.05) is 0 Å². The quantitative estimate of drug-likeness (QED) is 0.180. The number of rotatable bonds is 0. The molecule has 21 heteroatoms. The molecular weight excluding hydrogens is 340 g/mol. The summed E-state index contributed by atoms with van der Waals surface area (Å²) in [4.78, 5) is 0. The Kier molecular flexibility index (Phi) is 89.4. The van der Waals surface area contributed by atoms with E-state index in [1.165, 1.54) is 0 Å². The molecule has 0 aromatic carbocycles. The first kappa shape index (κ1) is 43.5. The molecule has 0 aromatic heterocycles. The Morgan fingerprint density at radius 1 is 0.571 bits per heavy atom. The first-order valence-electron chi connectivity index (χ1n) is 3.59. The molecule has 0 saturated heterocycles. The summed E-state index contributed by atoms with van der Waals surface area (Å²) in [5.74, 6) is 0. The second-order valence-corrected chi connectivity index (χ2v) is 1.49. The average molecular weight is 355 g/mol. The van der Waals surface area contributed by atoms with Crippen molar-refractivity contribution in [1.29, 1.82) is 0 Å². The topological polar surface area (TPSA) is 280 Å². The summed E-state index contributed by atoms with van der Waals surface area (Å²) in [6.45, 7) is 0. The van der Waals surface area contributed by atoms with Crippen molar-refractivity contribution in [2.24, 2.45) is 0 Å². The average Bonchev–Trinajstić information content (AvgIpc) is 1.97. The third-order valence-corrected chi connectivity index (χ3v) is 0. The van der Waals surface area contributed by atoms with Crippen molar-refractivity contribution in [2.75, 3.05) is 0 Å². The van der Waals surface area contributed by atoms with Crippen molar-refractivity contribution in [3.05, 3.63) is 0 Å². The molecule has 21 heavy (non-hydrogen) atoms. The van der Waals surface area contributed by atoms with Crippen molar-refractivity contribution in [3.63, 3.8) is 0 Å². The van der Waals surface area contributed by atoms with Crippen molar-refractivity contribution < 1.29 is 154 Å². The van der Waals surface area contributed by atoms with Gasteiger partial charge in [-0.15, -0.1) is 0 Å². The maximum Gasteiger partial charge on any atom is 1.00 e. The molecule has 13 N–H and O–H groups in total. The van der Waals surface area contributed by atoms with E-state index < -0.39 is 29.3 Å². The monoisotopic (exact) mass is 356 g/mol. The number of hydrogen-bond donors (Lipinski definition) is 13. The van der Waals surface area contributed by atoms with Gasteiger partial charge in [0.2, 0.25) is 0 Å². The van der Waals surface area contributed by atoms with Crippen molar-refractivity contribution in [1.82, 2.24) is 0 Å². The fraction of sp³-hybridized carbons (Fsp3) is 0. The Hall–Kier alpha value is 2.08. The van der Waals surface area contributed by atoms with E-state index in [-0.39, 0.29) is 91.1 Å². The van der Waals surface area contributed by atoms with Crippen LogP contribution in [0.4, 0.5) is 0 Å². The molecule has 0 radical (unpaired) electrons. The van der Waals surface area contributed by atoms with Crippen LogP contribution in [0.5, 0.6) is 0 Å². The second kappa shape index (κ2) is 43.1. The Morgan fingerprint density at radius 2 is 0.571 bits per heavy atom. The van der Waals surface area contributed by atoms with E-state index in [2.05, 4.69) is 0 Å². The van der Waals surface area contributed by atoms with Crippen LogP contribution >= 0.6 is 0 Å². The third-order valence-electron chi connectivity index (χ3n) is 0. The molecule has 0 atom stereocenters. The maximum absolute atomic E-state index is 8.36. The van der Waals surface area contributed by atoms with Crippen LogP contribution in [0.3, 0.4) is 0 Å². The van der Waals surface area contributed by atoms with Gasteiger partial charge in [0.15, 0.2) is 0 Å². The van der Waals surface area contributed by atoms with Gasteiger partial charge in [-0.05, 0) is 0 Å². The van der Waals surface area contributed by atoms with Crippen LogP contribution < -0.4 is 80.9 Å². The molecule has 0 aliphatic heterocycles. The van der Waals surface area contributed by atoms with Gasteiger partial charge in [-0.3, -0.25) is 0 Å². The Bertz CT molecular complexity index is 109. The summed E-state index contributed by atoms with van der Waals surface area (Å²) in [6, 6.07) is 0. The Labute approximate surface area is 188 Å². The molecule has 0 aliphatic carbocycles. The zero-order chi connectivity index (χ0) is 17.0. The van der Waals surface area contributed by atoms with Crippen molar-refractivity contribution in [2.45, 2.75) is 0 Å².